The van der Waals surface area contributed by atoms with Gasteiger partial charge in [0.05, 0.1) is 11.4 Å². The zero-order chi connectivity index (χ0) is 60.9. The van der Waals surface area contributed by atoms with Crippen LogP contribution in [0, 0.1) is 0 Å². The number of anilines is 6. The van der Waals surface area contributed by atoms with Crippen LogP contribution in [0.3, 0.4) is 0 Å². The van der Waals surface area contributed by atoms with Gasteiger partial charge in [-0.1, -0.05) is 273 Å². The van der Waals surface area contributed by atoms with E-state index in [9.17, 15) is 0 Å². The van der Waals surface area contributed by atoms with E-state index in [1.807, 2.05) is 22.7 Å². The molecule has 0 saturated heterocycles. The van der Waals surface area contributed by atoms with Crippen molar-refractivity contribution in [2.45, 2.75) is 0 Å². The highest BCUT2D eigenvalue weighted by Crippen LogP contribution is 2.51. The van der Waals surface area contributed by atoms with Gasteiger partial charge in [0, 0.05) is 63.1 Å². The Labute approximate surface area is 542 Å². The summed E-state index contributed by atoms with van der Waals surface area (Å²) in [6, 6.07) is 128. The highest BCUT2D eigenvalue weighted by molar-refractivity contribution is 7.27. The summed E-state index contributed by atoms with van der Waals surface area (Å²) >= 11 is 3.77. The van der Waals surface area contributed by atoms with Gasteiger partial charge < -0.3 is 9.80 Å². The molecule has 16 aromatic carbocycles. The molecule has 92 heavy (non-hydrogen) atoms. The van der Waals surface area contributed by atoms with Crippen molar-refractivity contribution >= 4 is 140 Å². The molecule has 0 aliphatic carbocycles. The van der Waals surface area contributed by atoms with Crippen molar-refractivity contribution in [2.75, 3.05) is 9.80 Å². The summed E-state index contributed by atoms with van der Waals surface area (Å²) in [5.41, 5.74) is 16.6. The second-order valence-corrected chi connectivity index (χ2v) is 25.6. The standard InChI is InChI=1S/2C44H29NS/c1-2-11-30(12-3-1)31-21-25-35(26-22-31)45(36-27-23-33(24-28-36)38-19-10-15-32-13-4-6-16-37(32)38)41-29-34-14-5-7-17-39(34)44-43(41)40-18-8-9-20-42(40)46-44;1-2-10-30(11-3-1)32-20-24-37(25-21-32)45(38-26-22-33(23-27-38)35-19-18-31-12-4-5-13-34(31)28-35)41-29-36-14-6-7-15-39(36)44-43(41)40-16-8-9-17-42(40)46-44/h2*1-29H. The second-order valence-electron chi connectivity index (χ2n) is 23.5. The molecule has 0 atom stereocenters. The minimum absolute atomic E-state index is 1.13. The van der Waals surface area contributed by atoms with E-state index in [-0.39, 0.29) is 0 Å². The maximum atomic E-state index is 2.44. The Bertz CT molecular complexity index is 5720. The summed E-state index contributed by atoms with van der Waals surface area (Å²) < 4.78 is 5.27. The first kappa shape index (κ1) is 54.7. The van der Waals surface area contributed by atoms with E-state index >= 15 is 0 Å². The fourth-order valence-corrected chi connectivity index (χ4v) is 16.1. The molecule has 0 bridgehead atoms. The highest BCUT2D eigenvalue weighted by Gasteiger charge is 2.24. The van der Waals surface area contributed by atoms with Gasteiger partial charge in [0.25, 0.3) is 0 Å². The van der Waals surface area contributed by atoms with Gasteiger partial charge in [-0.2, -0.15) is 0 Å². The quantitative estimate of drug-likeness (QED) is 0.135. The van der Waals surface area contributed by atoms with E-state index in [4.69, 9.17) is 0 Å². The normalized spacial score (nSPS) is 11.5. The number of rotatable bonds is 10. The van der Waals surface area contributed by atoms with Gasteiger partial charge in [0.2, 0.25) is 0 Å². The van der Waals surface area contributed by atoms with Crippen molar-refractivity contribution in [3.63, 3.8) is 0 Å². The van der Waals surface area contributed by atoms with Crippen LogP contribution < -0.4 is 9.80 Å². The minimum Gasteiger partial charge on any atom is -0.310 e. The van der Waals surface area contributed by atoms with E-state index < -0.39 is 0 Å². The molecule has 0 aliphatic rings. The number of hydrogen-bond donors (Lipinski definition) is 0. The monoisotopic (exact) mass is 1210 g/mol. The van der Waals surface area contributed by atoms with E-state index in [1.54, 1.807) is 0 Å². The number of hydrogen-bond acceptors (Lipinski definition) is 4. The molecule has 18 rings (SSSR count). The third-order valence-electron chi connectivity index (χ3n) is 18.1. The summed E-state index contributed by atoms with van der Waals surface area (Å²) in [5, 5.41) is 15.3. The number of nitrogens with zero attached hydrogens (tertiary/aromatic N) is 2. The lowest BCUT2D eigenvalue weighted by atomic mass is 9.97. The summed E-state index contributed by atoms with van der Waals surface area (Å²) in [4.78, 5) is 4.88. The van der Waals surface area contributed by atoms with E-state index in [0.29, 0.717) is 0 Å². The molecular formula is C88H58N2S2. The number of fused-ring (bicyclic) bond motifs is 12. The van der Waals surface area contributed by atoms with Gasteiger partial charge >= 0.3 is 0 Å². The van der Waals surface area contributed by atoms with Gasteiger partial charge in [-0.3, -0.25) is 0 Å². The molecule has 0 aliphatic heterocycles. The van der Waals surface area contributed by atoms with Crippen molar-refractivity contribution < 1.29 is 0 Å². The Morgan fingerprint density at radius 3 is 1.01 bits per heavy atom. The predicted octanol–water partition coefficient (Wildman–Crippen LogP) is 26.3. The van der Waals surface area contributed by atoms with Crippen molar-refractivity contribution in [3.05, 3.63) is 352 Å². The van der Waals surface area contributed by atoms with E-state index in [1.165, 1.54) is 139 Å². The maximum absolute atomic E-state index is 2.44. The fraction of sp³-hybridized carbons (Fsp3) is 0. The van der Waals surface area contributed by atoms with Crippen LogP contribution in [0.1, 0.15) is 0 Å². The topological polar surface area (TPSA) is 6.48 Å². The van der Waals surface area contributed by atoms with Crippen LogP contribution in [0.5, 0.6) is 0 Å². The lowest BCUT2D eigenvalue weighted by Gasteiger charge is -2.27. The summed E-state index contributed by atoms with van der Waals surface area (Å²) in [5.74, 6) is 0. The minimum atomic E-state index is 1.13. The molecule has 0 saturated carbocycles. The lowest BCUT2D eigenvalue weighted by Crippen LogP contribution is -2.10. The zero-order valence-corrected chi connectivity index (χ0v) is 51.8. The van der Waals surface area contributed by atoms with Crippen molar-refractivity contribution in [3.8, 4) is 44.5 Å². The second kappa shape index (κ2) is 23.5. The average molecular weight is 1210 g/mol. The molecule has 0 spiro atoms. The Balaban J connectivity index is 0.000000141. The first-order valence-corrected chi connectivity index (χ1v) is 33.0. The Morgan fingerprint density at radius 1 is 0.196 bits per heavy atom. The van der Waals surface area contributed by atoms with Gasteiger partial charge in [-0.15, -0.1) is 22.7 Å². The molecule has 18 aromatic rings. The molecule has 0 N–H and O–H groups in total. The maximum Gasteiger partial charge on any atom is 0.0561 e. The van der Waals surface area contributed by atoms with Crippen LogP contribution in [0.2, 0.25) is 0 Å². The van der Waals surface area contributed by atoms with Crippen LogP contribution in [0.4, 0.5) is 34.1 Å². The fourth-order valence-electron chi connectivity index (χ4n) is 13.6. The Kier molecular flexibility index (Phi) is 14.0. The SMILES string of the molecule is c1ccc(-c2ccc(N(c3ccc(-c4ccc5ccccc5c4)cc3)c3cc4ccccc4c4sc5ccccc5c34)cc2)cc1.c1ccc(-c2ccc(N(c3ccc(-c4cccc5ccccc45)cc3)c3cc4ccccc4c4sc5ccccc5c34)cc2)cc1. The summed E-state index contributed by atoms with van der Waals surface area (Å²) in [6.45, 7) is 0. The third kappa shape index (κ3) is 10.00. The largest absolute Gasteiger partial charge is 0.310 e. The smallest absolute Gasteiger partial charge is 0.0561 e. The molecule has 2 heterocycles. The molecule has 0 unspecified atom stereocenters. The van der Waals surface area contributed by atoms with Crippen LogP contribution in [0.15, 0.2) is 352 Å². The van der Waals surface area contributed by atoms with Crippen molar-refractivity contribution in [1.82, 2.24) is 0 Å². The van der Waals surface area contributed by atoms with Crippen LogP contribution in [-0.2, 0) is 0 Å². The van der Waals surface area contributed by atoms with Crippen molar-refractivity contribution in [1.29, 1.82) is 0 Å². The molecule has 432 valence electrons. The first-order valence-electron chi connectivity index (χ1n) is 31.4. The van der Waals surface area contributed by atoms with Gasteiger partial charge in [-0.25, -0.2) is 0 Å². The average Bonchev–Trinajstić information content (AvgIpc) is 1.54. The number of benzene rings is 16. The molecule has 0 amide bonds. The number of thiophene rings is 2. The van der Waals surface area contributed by atoms with Gasteiger partial charge in [0.1, 0.15) is 0 Å². The molecular weight excluding hydrogens is 1150 g/mol. The van der Waals surface area contributed by atoms with E-state index in [0.717, 1.165) is 22.7 Å². The molecule has 0 fully saturated rings. The first-order chi connectivity index (χ1) is 45.6. The van der Waals surface area contributed by atoms with Crippen LogP contribution in [-0.4, -0.2) is 0 Å². The Morgan fingerprint density at radius 2 is 0.533 bits per heavy atom. The van der Waals surface area contributed by atoms with Crippen molar-refractivity contribution in [2.24, 2.45) is 0 Å². The molecule has 2 aromatic heterocycles. The lowest BCUT2D eigenvalue weighted by molar-refractivity contribution is 1.30. The predicted molar refractivity (Wildman–Crippen MR) is 400 cm³/mol. The highest BCUT2D eigenvalue weighted by atomic mass is 32.1. The van der Waals surface area contributed by atoms with Crippen LogP contribution >= 0.6 is 22.7 Å². The Hall–Kier alpha value is -11.4. The van der Waals surface area contributed by atoms with Gasteiger partial charge in [-0.05, 0) is 166 Å². The molecule has 2 nitrogen and oxygen atoms in total. The van der Waals surface area contributed by atoms with E-state index in [2.05, 4.69) is 362 Å². The molecule has 4 heteroatoms. The summed E-state index contributed by atoms with van der Waals surface area (Å²) in [6.07, 6.45) is 0. The molecule has 0 radical (unpaired) electrons. The van der Waals surface area contributed by atoms with Gasteiger partial charge in [0.15, 0.2) is 0 Å². The van der Waals surface area contributed by atoms with Crippen LogP contribution in [0.25, 0.3) is 128 Å². The zero-order valence-electron chi connectivity index (χ0n) is 50.2. The summed E-state index contributed by atoms with van der Waals surface area (Å²) in [7, 11) is 0. The third-order valence-corrected chi connectivity index (χ3v) is 20.5.